The summed E-state index contributed by atoms with van der Waals surface area (Å²) < 4.78 is 1.98. The third-order valence-corrected chi connectivity index (χ3v) is 4.76. The van der Waals surface area contributed by atoms with Gasteiger partial charge < -0.3 is 9.47 Å². The first-order valence-corrected chi connectivity index (χ1v) is 8.26. The second-order valence-electron chi connectivity index (χ2n) is 5.85. The minimum absolute atomic E-state index is 0. The SMILES string of the molecule is C.Cc1cccc(C(=O)N2CCn3c(nnc3-c3cnccn3)C2)c1Cl. The highest BCUT2D eigenvalue weighted by molar-refractivity contribution is 6.34. The molecule has 8 heteroatoms. The Morgan fingerprint density at radius 2 is 2.04 bits per heavy atom. The van der Waals surface area contributed by atoms with E-state index in [1.54, 1.807) is 29.6 Å². The number of halogens is 1. The van der Waals surface area contributed by atoms with Gasteiger partial charge in [0.2, 0.25) is 0 Å². The Morgan fingerprint density at radius 1 is 1.19 bits per heavy atom. The van der Waals surface area contributed by atoms with E-state index in [9.17, 15) is 4.79 Å². The van der Waals surface area contributed by atoms with Crippen molar-refractivity contribution in [3.05, 3.63) is 58.8 Å². The van der Waals surface area contributed by atoms with Gasteiger partial charge in [-0.25, -0.2) is 4.98 Å². The van der Waals surface area contributed by atoms with Gasteiger partial charge in [-0.3, -0.25) is 9.78 Å². The number of benzene rings is 1. The van der Waals surface area contributed by atoms with Crippen LogP contribution in [0.3, 0.4) is 0 Å². The maximum atomic E-state index is 12.8. The molecule has 0 saturated carbocycles. The molecule has 1 amide bonds. The van der Waals surface area contributed by atoms with Crippen LogP contribution in [0.2, 0.25) is 5.02 Å². The summed E-state index contributed by atoms with van der Waals surface area (Å²) in [6, 6.07) is 5.48. The van der Waals surface area contributed by atoms with Gasteiger partial charge in [-0.05, 0) is 18.6 Å². The molecule has 3 aromatic rings. The van der Waals surface area contributed by atoms with E-state index in [2.05, 4.69) is 20.2 Å². The van der Waals surface area contributed by atoms with Crippen LogP contribution in [-0.2, 0) is 13.1 Å². The molecular formula is C18H19ClN6O. The van der Waals surface area contributed by atoms with Crippen LogP contribution in [-0.4, -0.2) is 42.1 Å². The zero-order valence-electron chi connectivity index (χ0n) is 13.6. The molecule has 0 fully saturated rings. The molecule has 0 spiro atoms. The average Bonchev–Trinajstić information content (AvgIpc) is 3.07. The number of hydrogen-bond donors (Lipinski definition) is 0. The Morgan fingerprint density at radius 3 is 2.81 bits per heavy atom. The van der Waals surface area contributed by atoms with Crippen LogP contribution in [0.5, 0.6) is 0 Å². The standard InChI is InChI=1S/C17H15ClN6O.CH4/c1-11-3-2-4-12(15(11)18)17(25)23-7-8-24-14(10-23)21-22-16(24)13-9-19-5-6-20-13;/h2-6,9H,7-8,10H2,1H3;1H4. The maximum Gasteiger partial charge on any atom is 0.255 e. The zero-order valence-corrected chi connectivity index (χ0v) is 14.3. The Hall–Kier alpha value is -2.80. The molecule has 134 valence electrons. The van der Waals surface area contributed by atoms with E-state index < -0.39 is 0 Å². The molecule has 0 saturated heterocycles. The molecule has 0 atom stereocenters. The monoisotopic (exact) mass is 370 g/mol. The second-order valence-corrected chi connectivity index (χ2v) is 6.22. The molecule has 0 radical (unpaired) electrons. The lowest BCUT2D eigenvalue weighted by Gasteiger charge is -2.28. The normalized spacial score (nSPS) is 13.1. The van der Waals surface area contributed by atoms with Crippen molar-refractivity contribution in [2.75, 3.05) is 6.54 Å². The number of hydrogen-bond acceptors (Lipinski definition) is 5. The number of fused-ring (bicyclic) bond motifs is 1. The van der Waals surface area contributed by atoms with Gasteiger partial charge in [0.25, 0.3) is 5.91 Å². The van der Waals surface area contributed by atoms with Crippen molar-refractivity contribution in [3.63, 3.8) is 0 Å². The largest absolute Gasteiger partial charge is 0.329 e. The molecule has 1 aromatic carbocycles. The zero-order chi connectivity index (χ0) is 17.4. The number of rotatable bonds is 2. The Balaban J connectivity index is 0.00000196. The van der Waals surface area contributed by atoms with Crippen LogP contribution in [0, 0.1) is 6.92 Å². The van der Waals surface area contributed by atoms with E-state index in [0.717, 1.165) is 11.4 Å². The summed E-state index contributed by atoms with van der Waals surface area (Å²) >= 11 is 6.30. The fourth-order valence-corrected chi connectivity index (χ4v) is 3.12. The van der Waals surface area contributed by atoms with E-state index >= 15 is 0 Å². The van der Waals surface area contributed by atoms with Crippen molar-refractivity contribution in [2.24, 2.45) is 0 Å². The van der Waals surface area contributed by atoms with Crippen LogP contribution in [0.4, 0.5) is 0 Å². The van der Waals surface area contributed by atoms with E-state index in [1.165, 1.54) is 0 Å². The number of aromatic nitrogens is 5. The Kier molecular flexibility index (Phi) is 4.99. The molecule has 0 N–H and O–H groups in total. The number of nitrogens with zero attached hydrogens (tertiary/aromatic N) is 6. The van der Waals surface area contributed by atoms with Crippen LogP contribution in [0.1, 0.15) is 29.2 Å². The van der Waals surface area contributed by atoms with Crippen molar-refractivity contribution < 1.29 is 4.79 Å². The van der Waals surface area contributed by atoms with E-state index in [-0.39, 0.29) is 13.3 Å². The van der Waals surface area contributed by atoms with Crippen LogP contribution in [0.25, 0.3) is 11.5 Å². The predicted molar refractivity (Wildman–Crippen MR) is 98.7 cm³/mol. The lowest BCUT2D eigenvalue weighted by molar-refractivity contribution is 0.0708. The first-order chi connectivity index (χ1) is 12.1. The molecule has 26 heavy (non-hydrogen) atoms. The summed E-state index contributed by atoms with van der Waals surface area (Å²) in [5.41, 5.74) is 2.07. The number of carbonyl (C=O) groups excluding carboxylic acids is 1. The van der Waals surface area contributed by atoms with Gasteiger partial charge in [-0.15, -0.1) is 10.2 Å². The lowest BCUT2D eigenvalue weighted by Crippen LogP contribution is -2.38. The Labute approximate surface area is 156 Å². The van der Waals surface area contributed by atoms with Crippen molar-refractivity contribution >= 4 is 17.5 Å². The minimum atomic E-state index is -0.0935. The van der Waals surface area contributed by atoms with Crippen molar-refractivity contribution in [1.29, 1.82) is 0 Å². The van der Waals surface area contributed by atoms with Gasteiger partial charge in [0, 0.05) is 25.5 Å². The highest BCUT2D eigenvalue weighted by Gasteiger charge is 2.27. The number of amides is 1. The molecule has 4 rings (SSSR count). The van der Waals surface area contributed by atoms with Gasteiger partial charge in [-0.1, -0.05) is 31.2 Å². The van der Waals surface area contributed by atoms with Crippen LogP contribution in [0.15, 0.2) is 36.8 Å². The van der Waals surface area contributed by atoms with Crippen LogP contribution < -0.4 is 0 Å². The molecule has 7 nitrogen and oxygen atoms in total. The van der Waals surface area contributed by atoms with Crippen molar-refractivity contribution in [1.82, 2.24) is 29.6 Å². The second kappa shape index (κ2) is 7.21. The molecule has 2 aromatic heterocycles. The molecule has 1 aliphatic rings. The molecule has 1 aliphatic heterocycles. The van der Waals surface area contributed by atoms with E-state index in [4.69, 9.17) is 11.6 Å². The van der Waals surface area contributed by atoms with E-state index in [1.807, 2.05) is 23.6 Å². The van der Waals surface area contributed by atoms with Gasteiger partial charge in [0.1, 0.15) is 5.69 Å². The Bertz CT molecular complexity index is 940. The smallest absolute Gasteiger partial charge is 0.255 e. The summed E-state index contributed by atoms with van der Waals surface area (Å²) in [5.74, 6) is 1.30. The van der Waals surface area contributed by atoms with E-state index in [0.29, 0.717) is 41.7 Å². The van der Waals surface area contributed by atoms with Gasteiger partial charge in [-0.2, -0.15) is 0 Å². The molecule has 0 unspecified atom stereocenters. The third-order valence-electron chi connectivity index (χ3n) is 4.25. The van der Waals surface area contributed by atoms with Crippen molar-refractivity contribution in [3.8, 4) is 11.5 Å². The number of carbonyl (C=O) groups is 1. The molecule has 0 aliphatic carbocycles. The fourth-order valence-electron chi connectivity index (χ4n) is 2.92. The molecule has 3 heterocycles. The molecular weight excluding hydrogens is 352 g/mol. The molecule has 0 bridgehead atoms. The van der Waals surface area contributed by atoms with Crippen LogP contribution >= 0.6 is 11.6 Å². The first kappa shape index (κ1) is 18.0. The topological polar surface area (TPSA) is 76.8 Å². The highest BCUT2D eigenvalue weighted by atomic mass is 35.5. The quantitative estimate of drug-likeness (QED) is 0.693. The van der Waals surface area contributed by atoms with Crippen molar-refractivity contribution in [2.45, 2.75) is 27.4 Å². The predicted octanol–water partition coefficient (Wildman–Crippen LogP) is 2.99. The van der Waals surface area contributed by atoms with Gasteiger partial charge in [0.15, 0.2) is 11.6 Å². The summed E-state index contributed by atoms with van der Waals surface area (Å²) in [5, 5.41) is 8.93. The van der Waals surface area contributed by atoms with Gasteiger partial charge >= 0.3 is 0 Å². The summed E-state index contributed by atoms with van der Waals surface area (Å²) in [6.07, 6.45) is 4.89. The first-order valence-electron chi connectivity index (χ1n) is 7.88. The third kappa shape index (κ3) is 3.06. The fraction of sp³-hybridized carbons (Fsp3) is 0.278. The summed E-state index contributed by atoms with van der Waals surface area (Å²) in [4.78, 5) is 22.9. The lowest BCUT2D eigenvalue weighted by atomic mass is 10.1. The van der Waals surface area contributed by atoms with Gasteiger partial charge in [0.05, 0.1) is 23.3 Å². The average molecular weight is 371 g/mol. The summed E-state index contributed by atoms with van der Waals surface area (Å²) in [6.45, 7) is 3.43. The number of aryl methyl sites for hydroxylation is 1. The minimum Gasteiger partial charge on any atom is -0.329 e. The maximum absolute atomic E-state index is 12.8. The summed E-state index contributed by atoms with van der Waals surface area (Å²) in [7, 11) is 0. The highest BCUT2D eigenvalue weighted by Crippen LogP contribution is 2.25.